The molecule has 0 atom stereocenters. The lowest BCUT2D eigenvalue weighted by atomic mass is 9.95. The summed E-state index contributed by atoms with van der Waals surface area (Å²) in [6.07, 6.45) is -0.641. The molecule has 39 heavy (non-hydrogen) atoms. The molecule has 0 saturated carbocycles. The summed E-state index contributed by atoms with van der Waals surface area (Å²) in [5.41, 5.74) is 4.94. The molecular formula is C28H37F3N6O2. The monoisotopic (exact) mass is 546 g/mol. The van der Waals surface area contributed by atoms with Gasteiger partial charge in [0.1, 0.15) is 0 Å². The Bertz CT molecular complexity index is 1400. The number of anilines is 1. The van der Waals surface area contributed by atoms with Crippen molar-refractivity contribution >= 4 is 22.5 Å². The van der Waals surface area contributed by atoms with Crippen molar-refractivity contribution in [1.29, 1.82) is 0 Å². The van der Waals surface area contributed by atoms with Crippen LogP contribution in [-0.2, 0) is 20.0 Å². The van der Waals surface area contributed by atoms with E-state index in [0.29, 0.717) is 50.0 Å². The van der Waals surface area contributed by atoms with Gasteiger partial charge in [0.05, 0.1) is 23.9 Å². The smallest absolute Gasteiger partial charge is 0.368 e. The first-order chi connectivity index (χ1) is 18.4. The number of pyridine rings is 1. The highest BCUT2D eigenvalue weighted by molar-refractivity contribution is 6.05. The zero-order chi connectivity index (χ0) is 28.5. The predicted octanol–water partition coefficient (Wildman–Crippen LogP) is 4.22. The van der Waals surface area contributed by atoms with Gasteiger partial charge < -0.3 is 15.2 Å². The molecule has 3 aromatic rings. The molecule has 2 N–H and O–H groups in total. The van der Waals surface area contributed by atoms with Crippen LogP contribution in [0.1, 0.15) is 59.4 Å². The quantitative estimate of drug-likeness (QED) is 0.442. The third kappa shape index (κ3) is 6.13. The molecule has 212 valence electrons. The Labute approximate surface area is 226 Å². The molecule has 1 fully saturated rings. The van der Waals surface area contributed by atoms with Crippen LogP contribution < -0.4 is 15.8 Å². The topological polar surface area (TPSA) is 86.3 Å². The van der Waals surface area contributed by atoms with Gasteiger partial charge in [-0.3, -0.25) is 19.2 Å². The molecule has 1 aromatic carbocycles. The van der Waals surface area contributed by atoms with E-state index in [1.165, 1.54) is 4.90 Å². The highest BCUT2D eigenvalue weighted by Crippen LogP contribution is 2.37. The number of halogens is 3. The number of H-pyrrole nitrogens is 1. The van der Waals surface area contributed by atoms with Gasteiger partial charge in [0.2, 0.25) is 0 Å². The molecule has 0 bridgehead atoms. The first kappa shape index (κ1) is 28.7. The highest BCUT2D eigenvalue weighted by atomic mass is 19.4. The van der Waals surface area contributed by atoms with Gasteiger partial charge in [0, 0.05) is 61.5 Å². The molecule has 1 aliphatic rings. The molecule has 0 spiro atoms. The van der Waals surface area contributed by atoms with Crippen molar-refractivity contribution in [3.05, 3.63) is 56.6 Å². The summed E-state index contributed by atoms with van der Waals surface area (Å²) >= 11 is 0. The number of amides is 1. The second-order valence-corrected chi connectivity index (χ2v) is 10.3. The van der Waals surface area contributed by atoms with Crippen molar-refractivity contribution < 1.29 is 18.0 Å². The SMILES string of the molecule is CCc1c(C(=O)NCc2c(C)cc(C)[nH]c2=O)cc2c(cnn2C)c1N(CC)C1CCN(CC(F)(F)F)CC1. The Morgan fingerprint density at radius 2 is 1.87 bits per heavy atom. The standard InChI is InChI=1S/C28H37F3N6O2/c1-6-20-21(26(38)32-14-22-17(3)12-18(4)34-27(22)39)13-24-23(15-33-35(24)5)25(20)37(7-2)19-8-10-36(11-9-19)16-28(29,30)31/h12-13,15,19H,6-11,14,16H2,1-5H3,(H,32,38)(H,34,39). The Morgan fingerprint density at radius 3 is 2.46 bits per heavy atom. The van der Waals surface area contributed by atoms with Gasteiger partial charge in [-0.1, -0.05) is 6.92 Å². The van der Waals surface area contributed by atoms with Crippen molar-refractivity contribution in [2.75, 3.05) is 31.1 Å². The lowest BCUT2D eigenvalue weighted by Crippen LogP contribution is -2.47. The van der Waals surface area contributed by atoms with Gasteiger partial charge >= 0.3 is 6.18 Å². The number of likely N-dealkylation sites (tertiary alicyclic amines) is 1. The maximum atomic E-state index is 13.6. The van der Waals surface area contributed by atoms with E-state index in [0.717, 1.165) is 33.4 Å². The van der Waals surface area contributed by atoms with Gasteiger partial charge in [-0.05, 0) is 63.3 Å². The van der Waals surface area contributed by atoms with Crippen molar-refractivity contribution in [1.82, 2.24) is 25.0 Å². The molecule has 0 aliphatic carbocycles. The van der Waals surface area contributed by atoms with E-state index in [2.05, 4.69) is 20.3 Å². The fourth-order valence-corrected chi connectivity index (χ4v) is 5.81. The third-order valence-corrected chi connectivity index (χ3v) is 7.68. The van der Waals surface area contributed by atoms with Crippen molar-refractivity contribution in [2.24, 2.45) is 7.05 Å². The number of carbonyl (C=O) groups excluding carboxylic acids is 1. The number of fused-ring (bicyclic) bond motifs is 1. The minimum absolute atomic E-state index is 0.0419. The van der Waals surface area contributed by atoms with E-state index in [4.69, 9.17) is 0 Å². The van der Waals surface area contributed by atoms with E-state index in [-0.39, 0.29) is 24.1 Å². The molecule has 11 heteroatoms. The second kappa shape index (κ2) is 11.4. The van der Waals surface area contributed by atoms with Crippen LogP contribution in [0.2, 0.25) is 0 Å². The highest BCUT2D eigenvalue weighted by Gasteiger charge is 2.34. The van der Waals surface area contributed by atoms with E-state index in [1.807, 2.05) is 46.9 Å². The first-order valence-electron chi connectivity index (χ1n) is 13.4. The number of aromatic amines is 1. The van der Waals surface area contributed by atoms with Crippen LogP contribution in [0.15, 0.2) is 23.1 Å². The molecule has 4 rings (SSSR count). The lowest BCUT2D eigenvalue weighted by Gasteiger charge is -2.40. The molecule has 0 radical (unpaired) electrons. The largest absolute Gasteiger partial charge is 0.401 e. The van der Waals surface area contributed by atoms with Crippen LogP contribution >= 0.6 is 0 Å². The van der Waals surface area contributed by atoms with Gasteiger partial charge in [0.15, 0.2) is 0 Å². The maximum absolute atomic E-state index is 13.6. The van der Waals surface area contributed by atoms with E-state index >= 15 is 0 Å². The Kier molecular flexibility index (Phi) is 8.39. The first-order valence-corrected chi connectivity index (χ1v) is 13.4. The number of hydrogen-bond acceptors (Lipinski definition) is 5. The molecule has 0 unspecified atom stereocenters. The third-order valence-electron chi connectivity index (χ3n) is 7.68. The summed E-state index contributed by atoms with van der Waals surface area (Å²) in [5.74, 6) is -0.286. The van der Waals surface area contributed by atoms with Crippen LogP contribution in [0.5, 0.6) is 0 Å². The summed E-state index contributed by atoms with van der Waals surface area (Å²) in [6, 6.07) is 3.76. The molecule has 8 nitrogen and oxygen atoms in total. The molecule has 1 amide bonds. The van der Waals surface area contributed by atoms with E-state index < -0.39 is 12.7 Å². The number of carbonyl (C=O) groups is 1. The summed E-state index contributed by atoms with van der Waals surface area (Å²) in [6.45, 7) is 8.26. The predicted molar refractivity (Wildman–Crippen MR) is 146 cm³/mol. The normalized spacial score (nSPS) is 15.2. The number of alkyl halides is 3. The van der Waals surface area contributed by atoms with Crippen molar-refractivity contribution in [3.8, 4) is 0 Å². The number of hydrogen-bond donors (Lipinski definition) is 2. The number of aromatic nitrogens is 3. The summed E-state index contributed by atoms with van der Waals surface area (Å²) < 4.78 is 40.5. The van der Waals surface area contributed by atoms with E-state index in [9.17, 15) is 22.8 Å². The van der Waals surface area contributed by atoms with Gasteiger partial charge in [-0.25, -0.2) is 0 Å². The van der Waals surface area contributed by atoms with E-state index in [1.54, 1.807) is 10.9 Å². The van der Waals surface area contributed by atoms with Crippen LogP contribution in [-0.4, -0.2) is 64.0 Å². The molecule has 2 aromatic heterocycles. The zero-order valence-corrected chi connectivity index (χ0v) is 23.2. The number of piperidine rings is 1. The van der Waals surface area contributed by atoms with Crippen LogP contribution in [0.4, 0.5) is 18.9 Å². The molecular weight excluding hydrogens is 509 g/mol. The maximum Gasteiger partial charge on any atom is 0.401 e. The number of aryl methyl sites for hydroxylation is 3. The molecule has 3 heterocycles. The van der Waals surface area contributed by atoms with Gasteiger partial charge in [-0.2, -0.15) is 18.3 Å². The minimum atomic E-state index is -4.21. The summed E-state index contributed by atoms with van der Waals surface area (Å²) in [7, 11) is 1.82. The number of nitrogens with zero attached hydrogens (tertiary/aromatic N) is 4. The second-order valence-electron chi connectivity index (χ2n) is 10.3. The fourth-order valence-electron chi connectivity index (χ4n) is 5.81. The van der Waals surface area contributed by atoms with Crippen molar-refractivity contribution in [3.63, 3.8) is 0 Å². The van der Waals surface area contributed by atoms with Crippen molar-refractivity contribution in [2.45, 2.75) is 65.7 Å². The zero-order valence-electron chi connectivity index (χ0n) is 23.2. The number of rotatable bonds is 8. The number of nitrogens with one attached hydrogen (secondary N) is 2. The van der Waals surface area contributed by atoms with Crippen LogP contribution in [0.3, 0.4) is 0 Å². The molecule has 1 aliphatic heterocycles. The van der Waals surface area contributed by atoms with Gasteiger partial charge in [-0.15, -0.1) is 0 Å². The number of benzene rings is 1. The Balaban J connectivity index is 1.68. The average Bonchev–Trinajstić information content (AvgIpc) is 3.23. The minimum Gasteiger partial charge on any atom is -0.368 e. The van der Waals surface area contributed by atoms with Crippen LogP contribution in [0, 0.1) is 13.8 Å². The fraction of sp³-hybridized carbons (Fsp3) is 0.536. The molecule has 1 saturated heterocycles. The summed E-state index contributed by atoms with van der Waals surface area (Å²) in [5, 5.41) is 8.30. The van der Waals surface area contributed by atoms with Gasteiger partial charge in [0.25, 0.3) is 11.5 Å². The Morgan fingerprint density at radius 1 is 1.18 bits per heavy atom. The average molecular weight is 547 g/mol. The Hall–Kier alpha value is -3.34. The summed E-state index contributed by atoms with van der Waals surface area (Å²) in [4.78, 5) is 32.6. The lowest BCUT2D eigenvalue weighted by molar-refractivity contribution is -0.147. The van der Waals surface area contributed by atoms with Crippen LogP contribution in [0.25, 0.3) is 10.9 Å².